The van der Waals surface area contributed by atoms with Gasteiger partial charge in [0.1, 0.15) is 6.10 Å². The van der Waals surface area contributed by atoms with Gasteiger partial charge >= 0.3 is 18.0 Å². The van der Waals surface area contributed by atoms with Crippen LogP contribution >= 0.6 is 0 Å². The summed E-state index contributed by atoms with van der Waals surface area (Å²) in [7, 11) is 5.94. The molecule has 2 fully saturated rings. The van der Waals surface area contributed by atoms with Crippen molar-refractivity contribution in [3.63, 3.8) is 0 Å². The van der Waals surface area contributed by atoms with Crippen LogP contribution in [0.2, 0.25) is 0 Å². The molecule has 1 aliphatic carbocycles. The molecular weight excluding hydrogens is 566 g/mol. The summed E-state index contributed by atoms with van der Waals surface area (Å²) < 4.78 is 37.2. The van der Waals surface area contributed by atoms with E-state index in [1.165, 1.54) is 40.6 Å². The molecule has 13 nitrogen and oxygen atoms in total. The van der Waals surface area contributed by atoms with E-state index in [0.29, 0.717) is 34.1 Å². The SMILES string of the molecule is COc1ccc(/C=C/C(=O)O[C@H]2[C@H](O)C[C@]3(C[C@H]2OC(=O)/C=C/c2ccc(OC)c(OC)c2)OC(=O)NC3=O)cc1OC. The number of imide groups is 1. The van der Waals surface area contributed by atoms with Crippen molar-refractivity contribution in [3.05, 3.63) is 59.7 Å². The fourth-order valence-corrected chi connectivity index (χ4v) is 4.82. The van der Waals surface area contributed by atoms with Gasteiger partial charge in [0.15, 0.2) is 34.7 Å². The molecule has 4 rings (SSSR count). The first-order valence-corrected chi connectivity index (χ1v) is 13.0. The normalized spacial score (nSPS) is 23.1. The Hall–Kier alpha value is -5.04. The van der Waals surface area contributed by atoms with Gasteiger partial charge < -0.3 is 38.3 Å². The van der Waals surface area contributed by atoms with E-state index in [0.717, 1.165) is 12.2 Å². The molecule has 1 saturated carbocycles. The molecule has 1 spiro atoms. The summed E-state index contributed by atoms with van der Waals surface area (Å²) in [5.41, 5.74) is -0.620. The number of rotatable bonds is 10. The quantitative estimate of drug-likeness (QED) is 0.234. The molecule has 228 valence electrons. The third-order valence-corrected chi connectivity index (χ3v) is 6.89. The number of nitrogens with one attached hydrogen (secondary N) is 1. The van der Waals surface area contributed by atoms with Gasteiger partial charge in [0.05, 0.1) is 34.5 Å². The topological polar surface area (TPSA) is 165 Å². The van der Waals surface area contributed by atoms with Crippen LogP contribution in [-0.4, -0.2) is 81.4 Å². The molecule has 2 aliphatic rings. The number of esters is 2. The molecule has 0 bridgehead atoms. The summed E-state index contributed by atoms with van der Waals surface area (Å²) in [5, 5.41) is 12.9. The van der Waals surface area contributed by atoms with Crippen LogP contribution in [0.1, 0.15) is 24.0 Å². The van der Waals surface area contributed by atoms with Gasteiger partial charge in [-0.1, -0.05) is 12.1 Å². The number of hydrogen-bond acceptors (Lipinski definition) is 12. The number of aliphatic hydroxyl groups is 1. The predicted molar refractivity (Wildman–Crippen MR) is 150 cm³/mol. The lowest BCUT2D eigenvalue weighted by atomic mass is 9.79. The second-order valence-electron chi connectivity index (χ2n) is 9.59. The predicted octanol–water partition coefficient (Wildman–Crippen LogP) is 2.43. The molecule has 1 saturated heterocycles. The van der Waals surface area contributed by atoms with Gasteiger partial charge in [-0.25, -0.2) is 14.4 Å². The van der Waals surface area contributed by atoms with Gasteiger partial charge in [-0.2, -0.15) is 0 Å². The van der Waals surface area contributed by atoms with Crippen molar-refractivity contribution in [2.75, 3.05) is 28.4 Å². The van der Waals surface area contributed by atoms with Gasteiger partial charge in [-0.05, 0) is 47.5 Å². The first kappa shape index (κ1) is 30.9. The molecule has 0 radical (unpaired) electrons. The Kier molecular flexibility index (Phi) is 9.56. The van der Waals surface area contributed by atoms with Crippen LogP contribution in [0.5, 0.6) is 23.0 Å². The number of hydrogen-bond donors (Lipinski definition) is 2. The maximum atomic E-state index is 12.8. The summed E-state index contributed by atoms with van der Waals surface area (Å²) >= 11 is 0. The number of carbonyl (C=O) groups is 4. The summed E-state index contributed by atoms with van der Waals surface area (Å²) in [6.45, 7) is 0. The van der Waals surface area contributed by atoms with Crippen LogP contribution in [0.25, 0.3) is 12.2 Å². The Morgan fingerprint density at radius 3 is 1.79 bits per heavy atom. The fourth-order valence-electron chi connectivity index (χ4n) is 4.82. The number of ether oxygens (including phenoxy) is 7. The number of aliphatic hydroxyl groups excluding tert-OH is 1. The van der Waals surface area contributed by atoms with Crippen molar-refractivity contribution in [2.45, 2.75) is 36.8 Å². The molecule has 0 aromatic heterocycles. The Labute approximate surface area is 246 Å². The van der Waals surface area contributed by atoms with E-state index in [4.69, 9.17) is 33.2 Å². The molecule has 0 unspecified atom stereocenters. The second-order valence-corrected chi connectivity index (χ2v) is 9.59. The zero-order chi connectivity index (χ0) is 31.1. The first-order chi connectivity index (χ1) is 20.6. The maximum absolute atomic E-state index is 12.8. The lowest BCUT2D eigenvalue weighted by Gasteiger charge is -2.40. The minimum absolute atomic E-state index is 0.352. The third-order valence-electron chi connectivity index (χ3n) is 6.89. The molecule has 43 heavy (non-hydrogen) atoms. The van der Waals surface area contributed by atoms with Gasteiger partial charge in [0, 0.05) is 25.0 Å². The molecule has 2 aromatic carbocycles. The monoisotopic (exact) mass is 597 g/mol. The summed E-state index contributed by atoms with van der Waals surface area (Å²) in [6, 6.07) is 9.97. The van der Waals surface area contributed by atoms with Crippen molar-refractivity contribution < 1.29 is 57.4 Å². The van der Waals surface area contributed by atoms with Crippen LogP contribution in [0.4, 0.5) is 4.79 Å². The number of carbonyl (C=O) groups excluding carboxylic acids is 4. The minimum Gasteiger partial charge on any atom is -0.493 e. The van der Waals surface area contributed by atoms with E-state index in [1.54, 1.807) is 36.4 Å². The molecule has 2 amide bonds. The van der Waals surface area contributed by atoms with Crippen LogP contribution in [0, 0.1) is 0 Å². The zero-order valence-electron chi connectivity index (χ0n) is 23.9. The molecule has 2 aromatic rings. The Bertz CT molecular complexity index is 1450. The van der Waals surface area contributed by atoms with Crippen molar-refractivity contribution in [1.29, 1.82) is 0 Å². The molecule has 1 heterocycles. The number of alkyl carbamates (subject to hydrolysis) is 1. The van der Waals surface area contributed by atoms with E-state index in [1.807, 2.05) is 5.32 Å². The summed E-state index contributed by atoms with van der Waals surface area (Å²) in [6.07, 6.45) is -0.816. The first-order valence-electron chi connectivity index (χ1n) is 13.0. The number of benzene rings is 2. The Morgan fingerprint density at radius 1 is 0.814 bits per heavy atom. The molecule has 13 heteroatoms. The average molecular weight is 598 g/mol. The van der Waals surface area contributed by atoms with E-state index >= 15 is 0 Å². The van der Waals surface area contributed by atoms with Crippen molar-refractivity contribution >= 4 is 36.1 Å². The maximum Gasteiger partial charge on any atom is 0.415 e. The van der Waals surface area contributed by atoms with Gasteiger partial charge in [-0.3, -0.25) is 10.1 Å². The lowest BCUT2D eigenvalue weighted by molar-refractivity contribution is -0.194. The minimum atomic E-state index is -1.80. The molecular formula is C30H31NO12. The number of methoxy groups -OCH3 is 4. The van der Waals surface area contributed by atoms with Crippen LogP contribution in [0.15, 0.2) is 48.6 Å². The Morgan fingerprint density at radius 2 is 1.33 bits per heavy atom. The van der Waals surface area contributed by atoms with Crippen molar-refractivity contribution in [1.82, 2.24) is 5.32 Å². The smallest absolute Gasteiger partial charge is 0.415 e. The molecule has 4 atom stereocenters. The number of amides is 2. The fraction of sp³-hybridized carbons (Fsp3) is 0.333. The standard InChI is InChI=1S/C30H31NO12/c1-37-20-9-5-17(13-22(20)39-3)7-11-25(33)41-24-16-30(28(35)31-29(36)43-30)15-19(32)27(24)42-26(34)12-8-18-6-10-21(38-2)23(14-18)40-4/h5-14,19,24,27,32H,15-16H2,1-4H3,(H,31,35,36)/b11-7+,12-8+/t19-,24-,27+,30-/m1/s1. The van der Waals surface area contributed by atoms with Crippen LogP contribution in [-0.2, 0) is 28.6 Å². The average Bonchev–Trinajstić information content (AvgIpc) is 3.27. The van der Waals surface area contributed by atoms with Crippen LogP contribution in [0.3, 0.4) is 0 Å². The highest BCUT2D eigenvalue weighted by atomic mass is 16.6. The second kappa shape index (κ2) is 13.3. The highest BCUT2D eigenvalue weighted by Gasteiger charge is 2.58. The van der Waals surface area contributed by atoms with E-state index in [-0.39, 0.29) is 12.8 Å². The zero-order valence-corrected chi connectivity index (χ0v) is 23.9. The van der Waals surface area contributed by atoms with Gasteiger partial charge in [-0.15, -0.1) is 0 Å². The Balaban J connectivity index is 1.52. The summed E-state index contributed by atoms with van der Waals surface area (Å²) in [4.78, 5) is 50.0. The lowest BCUT2D eigenvalue weighted by Crippen LogP contribution is -2.58. The van der Waals surface area contributed by atoms with E-state index in [9.17, 15) is 24.3 Å². The van der Waals surface area contributed by atoms with Gasteiger partial charge in [0.25, 0.3) is 5.91 Å². The highest BCUT2D eigenvalue weighted by Crippen LogP contribution is 2.38. The van der Waals surface area contributed by atoms with Crippen LogP contribution < -0.4 is 24.3 Å². The van der Waals surface area contributed by atoms with Crippen molar-refractivity contribution in [3.8, 4) is 23.0 Å². The van der Waals surface area contributed by atoms with E-state index in [2.05, 4.69) is 0 Å². The highest BCUT2D eigenvalue weighted by molar-refractivity contribution is 6.03. The van der Waals surface area contributed by atoms with Gasteiger partial charge in [0.2, 0.25) is 0 Å². The molecule has 2 N–H and O–H groups in total. The van der Waals surface area contributed by atoms with Crippen molar-refractivity contribution in [2.24, 2.45) is 0 Å². The molecule has 1 aliphatic heterocycles. The largest absolute Gasteiger partial charge is 0.493 e. The third kappa shape index (κ3) is 7.07. The van der Waals surface area contributed by atoms with E-state index < -0.39 is 47.9 Å². The summed E-state index contributed by atoms with van der Waals surface area (Å²) in [5.74, 6) is -0.626.